The molecule has 0 radical (unpaired) electrons. The third-order valence-corrected chi connectivity index (χ3v) is 4.52. The predicted octanol–water partition coefficient (Wildman–Crippen LogP) is 2.16. The molecule has 2 aromatic rings. The van der Waals surface area contributed by atoms with E-state index in [1.165, 1.54) is 0 Å². The Kier molecular flexibility index (Phi) is 3.19. The van der Waals surface area contributed by atoms with Crippen molar-refractivity contribution in [2.24, 2.45) is 0 Å². The Bertz CT molecular complexity index is 819. The van der Waals surface area contributed by atoms with Gasteiger partial charge in [-0.05, 0) is 30.2 Å². The number of carbonyl (C=O) groups is 2. The zero-order valence-electron chi connectivity index (χ0n) is 12.7. The topological polar surface area (TPSA) is 84.9 Å². The zero-order valence-corrected chi connectivity index (χ0v) is 12.7. The predicted molar refractivity (Wildman–Crippen MR) is 84.2 cm³/mol. The van der Waals surface area contributed by atoms with Gasteiger partial charge in [0.05, 0.1) is 0 Å². The number of hydrogen-bond acceptors (Lipinski definition) is 4. The van der Waals surface area contributed by atoms with Crippen LogP contribution in [0.4, 0.5) is 0 Å². The summed E-state index contributed by atoms with van der Waals surface area (Å²) in [6.45, 7) is 0.121. The van der Waals surface area contributed by atoms with Gasteiger partial charge in [-0.2, -0.15) is 0 Å². The molecule has 1 amide bonds. The fourth-order valence-corrected chi connectivity index (χ4v) is 3.09. The second-order valence-electron chi connectivity index (χ2n) is 5.97. The van der Waals surface area contributed by atoms with Crippen molar-refractivity contribution in [3.63, 3.8) is 0 Å². The van der Waals surface area contributed by atoms with Gasteiger partial charge in [0.1, 0.15) is 5.54 Å². The molecule has 1 saturated carbocycles. The molecule has 1 aliphatic heterocycles. The molecule has 2 atom stereocenters. The van der Waals surface area contributed by atoms with Crippen molar-refractivity contribution in [3.8, 4) is 11.5 Å². The molecule has 4 rings (SSSR count). The van der Waals surface area contributed by atoms with Crippen LogP contribution in [0.15, 0.2) is 48.5 Å². The monoisotopic (exact) mass is 325 g/mol. The van der Waals surface area contributed by atoms with Crippen molar-refractivity contribution in [2.45, 2.75) is 17.9 Å². The van der Waals surface area contributed by atoms with E-state index in [0.717, 1.165) is 5.56 Å². The average Bonchev–Trinajstić information content (AvgIpc) is 3.13. The number of ether oxygens (including phenoxy) is 2. The molecule has 1 aliphatic carbocycles. The highest BCUT2D eigenvalue weighted by Crippen LogP contribution is 2.51. The molecule has 2 unspecified atom stereocenters. The Morgan fingerprint density at radius 1 is 1.08 bits per heavy atom. The fraction of sp³-hybridized carbons (Fsp3) is 0.222. The highest BCUT2D eigenvalue weighted by molar-refractivity contribution is 6.00. The number of fused-ring (bicyclic) bond motifs is 1. The number of carboxylic acids is 1. The molecule has 0 saturated heterocycles. The summed E-state index contributed by atoms with van der Waals surface area (Å²) in [4.78, 5) is 24.3. The van der Waals surface area contributed by atoms with Crippen molar-refractivity contribution in [2.75, 3.05) is 6.79 Å². The van der Waals surface area contributed by atoms with Crippen LogP contribution in [0.25, 0.3) is 0 Å². The summed E-state index contributed by atoms with van der Waals surface area (Å²) in [7, 11) is 0. The van der Waals surface area contributed by atoms with E-state index in [9.17, 15) is 14.7 Å². The number of hydrogen-bond donors (Lipinski definition) is 2. The van der Waals surface area contributed by atoms with Gasteiger partial charge in [-0.1, -0.05) is 30.3 Å². The molecule has 6 heteroatoms. The van der Waals surface area contributed by atoms with Crippen LogP contribution in [0.5, 0.6) is 11.5 Å². The van der Waals surface area contributed by atoms with Crippen LogP contribution in [0.2, 0.25) is 0 Å². The summed E-state index contributed by atoms with van der Waals surface area (Å²) < 4.78 is 10.5. The minimum atomic E-state index is -1.26. The lowest BCUT2D eigenvalue weighted by atomic mass is 10.1. The molecule has 6 nitrogen and oxygen atoms in total. The maximum absolute atomic E-state index is 12.5. The highest BCUT2D eigenvalue weighted by Gasteiger charge is 2.62. The highest BCUT2D eigenvalue weighted by atomic mass is 16.7. The van der Waals surface area contributed by atoms with E-state index in [0.29, 0.717) is 23.5 Å². The standard InChI is InChI=1S/C18H15NO5/c20-16(12-6-7-14-15(8-12)24-10-23-14)19-18(17(21)22)9-13(18)11-4-2-1-3-5-11/h1-8,13H,9-10H2,(H,19,20)(H,21,22). The van der Waals surface area contributed by atoms with E-state index in [1.807, 2.05) is 30.3 Å². The Morgan fingerprint density at radius 2 is 1.83 bits per heavy atom. The normalized spacial score (nSPS) is 23.6. The first kappa shape index (κ1) is 14.6. The van der Waals surface area contributed by atoms with Crippen molar-refractivity contribution in [1.82, 2.24) is 5.32 Å². The number of carbonyl (C=O) groups excluding carboxylic acids is 1. The summed E-state index contributed by atoms with van der Waals surface area (Å²) in [5, 5.41) is 12.3. The molecule has 2 aromatic carbocycles. The van der Waals surface area contributed by atoms with Gasteiger partial charge < -0.3 is 19.9 Å². The Hall–Kier alpha value is -3.02. The largest absolute Gasteiger partial charge is 0.479 e. The van der Waals surface area contributed by atoms with Crippen molar-refractivity contribution in [3.05, 3.63) is 59.7 Å². The van der Waals surface area contributed by atoms with Gasteiger partial charge in [0.25, 0.3) is 5.91 Å². The first-order valence-corrected chi connectivity index (χ1v) is 7.61. The molecule has 0 aromatic heterocycles. The summed E-state index contributed by atoms with van der Waals surface area (Å²) in [5.41, 5.74) is -0.00101. The minimum Gasteiger partial charge on any atom is -0.479 e. The van der Waals surface area contributed by atoms with E-state index in [4.69, 9.17) is 9.47 Å². The molecular weight excluding hydrogens is 310 g/mol. The first-order chi connectivity index (χ1) is 11.6. The van der Waals surface area contributed by atoms with Crippen LogP contribution in [-0.4, -0.2) is 29.3 Å². The molecule has 2 aliphatic rings. The number of benzene rings is 2. The number of rotatable bonds is 4. The molecule has 0 spiro atoms. The number of amides is 1. The fourth-order valence-electron chi connectivity index (χ4n) is 3.09. The molecule has 122 valence electrons. The first-order valence-electron chi connectivity index (χ1n) is 7.61. The number of carboxylic acid groups (broad SMARTS) is 1. The van der Waals surface area contributed by atoms with Gasteiger partial charge in [-0.25, -0.2) is 4.79 Å². The minimum absolute atomic E-state index is 0.121. The van der Waals surface area contributed by atoms with E-state index in [-0.39, 0.29) is 12.7 Å². The number of aliphatic carboxylic acids is 1. The number of nitrogens with one attached hydrogen (secondary N) is 1. The maximum atomic E-state index is 12.5. The quantitative estimate of drug-likeness (QED) is 0.900. The molecule has 2 N–H and O–H groups in total. The molecule has 1 heterocycles. The van der Waals surface area contributed by atoms with Gasteiger partial charge >= 0.3 is 5.97 Å². The molecule has 1 fully saturated rings. The van der Waals surface area contributed by atoms with E-state index in [1.54, 1.807) is 18.2 Å². The van der Waals surface area contributed by atoms with E-state index >= 15 is 0 Å². The van der Waals surface area contributed by atoms with Crippen LogP contribution in [0, 0.1) is 0 Å². The molecule has 24 heavy (non-hydrogen) atoms. The lowest BCUT2D eigenvalue weighted by Crippen LogP contribution is -2.44. The SMILES string of the molecule is O=C(NC1(C(=O)O)CC1c1ccccc1)c1ccc2c(c1)OCO2. The van der Waals surface area contributed by atoms with Crippen LogP contribution < -0.4 is 14.8 Å². The van der Waals surface area contributed by atoms with Crippen LogP contribution in [0.1, 0.15) is 28.3 Å². The van der Waals surface area contributed by atoms with Gasteiger partial charge in [0.2, 0.25) is 6.79 Å². The third kappa shape index (κ3) is 2.27. The maximum Gasteiger partial charge on any atom is 0.330 e. The molecule has 0 bridgehead atoms. The average molecular weight is 325 g/mol. The lowest BCUT2D eigenvalue weighted by molar-refractivity contribution is -0.140. The zero-order chi connectivity index (χ0) is 16.7. The van der Waals surface area contributed by atoms with Crippen molar-refractivity contribution in [1.29, 1.82) is 0 Å². The van der Waals surface area contributed by atoms with Crippen LogP contribution >= 0.6 is 0 Å². The Balaban J connectivity index is 1.56. The second kappa shape index (κ2) is 5.26. The Morgan fingerprint density at radius 3 is 2.58 bits per heavy atom. The third-order valence-electron chi connectivity index (χ3n) is 4.52. The van der Waals surface area contributed by atoms with Crippen molar-refractivity contribution < 1.29 is 24.2 Å². The van der Waals surface area contributed by atoms with Crippen LogP contribution in [-0.2, 0) is 4.79 Å². The van der Waals surface area contributed by atoms with Gasteiger partial charge in [-0.3, -0.25) is 4.79 Å². The summed E-state index contributed by atoms with van der Waals surface area (Å²) in [6, 6.07) is 14.2. The van der Waals surface area contributed by atoms with E-state index < -0.39 is 17.4 Å². The van der Waals surface area contributed by atoms with Gasteiger partial charge in [0.15, 0.2) is 11.5 Å². The summed E-state index contributed by atoms with van der Waals surface area (Å²) in [5.74, 6) is -0.621. The second-order valence-corrected chi connectivity index (χ2v) is 5.97. The summed E-state index contributed by atoms with van der Waals surface area (Å²) >= 11 is 0. The van der Waals surface area contributed by atoms with Crippen molar-refractivity contribution >= 4 is 11.9 Å². The van der Waals surface area contributed by atoms with Crippen LogP contribution in [0.3, 0.4) is 0 Å². The van der Waals surface area contributed by atoms with E-state index in [2.05, 4.69) is 5.32 Å². The smallest absolute Gasteiger partial charge is 0.330 e. The van der Waals surface area contributed by atoms with Gasteiger partial charge in [0, 0.05) is 11.5 Å². The summed E-state index contributed by atoms with van der Waals surface area (Å²) in [6.07, 6.45) is 0.378. The van der Waals surface area contributed by atoms with Gasteiger partial charge in [-0.15, -0.1) is 0 Å². The Labute approximate surface area is 138 Å². The molecular formula is C18H15NO5. The lowest BCUT2D eigenvalue weighted by Gasteiger charge is -2.15.